The van der Waals surface area contributed by atoms with Gasteiger partial charge in [-0.2, -0.15) is 0 Å². The first-order chi connectivity index (χ1) is 3.39. The Bertz CT molecular complexity index is 138. The van der Waals surface area contributed by atoms with Gasteiger partial charge in [0.25, 0.3) is 0 Å². The Morgan fingerprint density at radius 1 is 1.29 bits per heavy atom. The van der Waals surface area contributed by atoms with E-state index in [1.807, 2.05) is 0 Å². The number of pyridine rings is 1. The van der Waals surface area contributed by atoms with Crippen molar-refractivity contribution in [2.24, 2.45) is 0 Å². The van der Waals surface area contributed by atoms with Crippen LogP contribution in [0.2, 0.25) is 0 Å². The molecule has 1 heterocycles. The molecule has 7 heavy (non-hydrogen) atoms. The molecular formula is C5H4CuN. The molecule has 0 saturated heterocycles. The van der Waals surface area contributed by atoms with Gasteiger partial charge in [0.1, 0.15) is 0 Å². The summed E-state index contributed by atoms with van der Waals surface area (Å²) in [4.78, 5) is 3.78. The van der Waals surface area contributed by atoms with Gasteiger partial charge in [-0.15, -0.1) is 0 Å². The Hall–Kier alpha value is -0.331. The zero-order valence-electron chi connectivity index (χ0n) is 3.56. The quantitative estimate of drug-likeness (QED) is 0.473. The maximum absolute atomic E-state index is 4.91. The third-order valence-electron chi connectivity index (χ3n) is 0.614. The summed E-state index contributed by atoms with van der Waals surface area (Å²) in [5, 5.41) is 0. The van der Waals surface area contributed by atoms with E-state index in [9.17, 15) is 0 Å². The van der Waals surface area contributed by atoms with Crippen LogP contribution in [0.15, 0.2) is 24.5 Å². The van der Waals surface area contributed by atoms with Crippen LogP contribution in [0.1, 0.15) is 0 Å². The van der Waals surface area contributed by atoms with Crippen molar-refractivity contribution in [1.29, 1.82) is 0 Å². The van der Waals surface area contributed by atoms with Gasteiger partial charge in [0.05, 0.1) is 0 Å². The molecule has 0 fully saturated rings. The third-order valence-corrected chi connectivity index (χ3v) is 0.928. The summed E-state index contributed by atoms with van der Waals surface area (Å²) in [6.07, 6.45) is 3.36. The van der Waals surface area contributed by atoms with Gasteiger partial charge < -0.3 is 0 Å². The summed E-state index contributed by atoms with van der Waals surface area (Å²) in [7, 11) is 0. The second-order valence-electron chi connectivity index (χ2n) is 1.12. The Balaban J connectivity index is 3.02. The third kappa shape index (κ3) is 1.30. The van der Waals surface area contributed by atoms with Crippen LogP contribution in [0.4, 0.5) is 0 Å². The summed E-state index contributed by atoms with van der Waals surface area (Å²) in [5.41, 5.74) is 0. The van der Waals surface area contributed by atoms with Gasteiger partial charge in [0.15, 0.2) is 0 Å². The first kappa shape index (κ1) is 4.82. The van der Waals surface area contributed by atoms with Gasteiger partial charge in [-0.05, 0) is 0 Å². The standard InChI is InChI=1S/C5H4N.Cu/c1-2-4-6-5-3-1;/h2-5H;. The van der Waals surface area contributed by atoms with Gasteiger partial charge >= 0.3 is 50.0 Å². The molecule has 0 aromatic carbocycles. The van der Waals surface area contributed by atoms with E-state index in [1.165, 1.54) is 0 Å². The van der Waals surface area contributed by atoms with Crippen LogP contribution in [0, 0.1) is 0 Å². The molecule has 0 bridgehead atoms. The second kappa shape index (κ2) is 2.10. The average molecular weight is 142 g/mol. The number of nitrogens with zero attached hydrogens (tertiary/aromatic N) is 1. The van der Waals surface area contributed by atoms with Crippen molar-refractivity contribution in [3.05, 3.63) is 24.5 Å². The van der Waals surface area contributed by atoms with Crippen molar-refractivity contribution < 1.29 is 16.0 Å². The number of hydrogen-bond acceptors (Lipinski definition) is 1. The fourth-order valence-electron chi connectivity index (χ4n) is 0.322. The summed E-state index contributed by atoms with van der Waals surface area (Å²) in [5.74, 6) is 0. The number of rotatable bonds is 0. The molecule has 0 radical (unpaired) electrons. The molecule has 0 aliphatic carbocycles. The molecule has 0 aliphatic heterocycles. The second-order valence-corrected chi connectivity index (χ2v) is 1.66. The normalized spacial score (nSPS) is 8.86. The van der Waals surface area contributed by atoms with Gasteiger partial charge in [0, 0.05) is 0 Å². The minimum absolute atomic E-state index is 0.822. The topological polar surface area (TPSA) is 12.9 Å². The summed E-state index contributed by atoms with van der Waals surface area (Å²) in [6, 6.07) is 3.56. The van der Waals surface area contributed by atoms with E-state index in [-0.39, 0.29) is 0 Å². The van der Waals surface area contributed by atoms with E-state index in [1.54, 1.807) is 24.5 Å². The van der Waals surface area contributed by atoms with Crippen LogP contribution in [-0.2, 0) is 16.0 Å². The van der Waals surface area contributed by atoms with E-state index in [2.05, 4.69) is 4.98 Å². The number of hydrogen-bond donors (Lipinski definition) is 0. The Labute approximate surface area is 50.6 Å². The Kier molecular flexibility index (Phi) is 1.45. The zero-order valence-corrected chi connectivity index (χ0v) is 4.50. The number of aromatic nitrogens is 1. The van der Waals surface area contributed by atoms with E-state index >= 15 is 0 Å². The van der Waals surface area contributed by atoms with Crippen molar-refractivity contribution in [3.8, 4) is 0 Å². The van der Waals surface area contributed by atoms with Crippen LogP contribution in [0.25, 0.3) is 0 Å². The van der Waals surface area contributed by atoms with Gasteiger partial charge in [0.2, 0.25) is 0 Å². The molecule has 1 nitrogen and oxygen atoms in total. The average Bonchev–Trinajstić information content (AvgIpc) is 1.69. The van der Waals surface area contributed by atoms with E-state index in [0.717, 1.165) is 4.46 Å². The van der Waals surface area contributed by atoms with Crippen LogP contribution < -0.4 is 4.46 Å². The fraction of sp³-hybridized carbons (Fsp3) is 0. The van der Waals surface area contributed by atoms with Crippen molar-refractivity contribution in [2.45, 2.75) is 0 Å². The minimum atomic E-state index is 0.822. The summed E-state index contributed by atoms with van der Waals surface area (Å²) >= 11 is 4.91. The molecule has 1 aromatic heterocycles. The van der Waals surface area contributed by atoms with E-state index in [0.29, 0.717) is 0 Å². The van der Waals surface area contributed by atoms with Crippen molar-refractivity contribution >= 4 is 4.46 Å². The van der Waals surface area contributed by atoms with Crippen LogP contribution >= 0.6 is 0 Å². The molecule has 1 rings (SSSR count). The van der Waals surface area contributed by atoms with Crippen LogP contribution in [0.5, 0.6) is 0 Å². The molecule has 1 aromatic rings. The molecule has 0 unspecified atom stereocenters. The molecular weight excluding hydrogens is 138 g/mol. The predicted octanol–water partition coefficient (Wildman–Crippen LogP) is 0.254. The summed E-state index contributed by atoms with van der Waals surface area (Å²) < 4.78 is 0.822. The first-order valence-corrected chi connectivity index (χ1v) is 2.38. The molecule has 0 aliphatic rings. The molecule has 40 valence electrons. The molecule has 0 atom stereocenters. The molecule has 0 spiro atoms. The first-order valence-electron chi connectivity index (χ1n) is 1.91. The monoisotopic (exact) mass is 141 g/mol. The SMILES string of the molecule is [Cu][c]1ccncc1. The predicted molar refractivity (Wildman–Crippen MR) is 23.9 cm³/mol. The Morgan fingerprint density at radius 3 is 2.14 bits per heavy atom. The molecule has 0 saturated carbocycles. The van der Waals surface area contributed by atoms with Gasteiger partial charge in [-0.25, -0.2) is 0 Å². The fourth-order valence-corrected chi connectivity index (χ4v) is 0.463. The van der Waals surface area contributed by atoms with E-state index < -0.39 is 0 Å². The van der Waals surface area contributed by atoms with Gasteiger partial charge in [-0.3, -0.25) is 0 Å². The van der Waals surface area contributed by atoms with Crippen molar-refractivity contribution in [2.75, 3.05) is 0 Å². The zero-order chi connectivity index (χ0) is 5.11. The molecule has 0 N–H and O–H groups in total. The Morgan fingerprint density at radius 2 is 1.86 bits per heavy atom. The van der Waals surface area contributed by atoms with E-state index in [4.69, 9.17) is 16.0 Å². The maximum atomic E-state index is 4.91. The van der Waals surface area contributed by atoms with Crippen molar-refractivity contribution in [1.82, 2.24) is 4.98 Å². The summed E-state index contributed by atoms with van der Waals surface area (Å²) in [6.45, 7) is 0. The van der Waals surface area contributed by atoms with Crippen LogP contribution in [-0.4, -0.2) is 4.98 Å². The van der Waals surface area contributed by atoms with Crippen molar-refractivity contribution in [3.63, 3.8) is 0 Å². The molecule has 0 amide bonds. The van der Waals surface area contributed by atoms with Crippen LogP contribution in [0.3, 0.4) is 0 Å². The molecule has 2 heteroatoms. The van der Waals surface area contributed by atoms with Gasteiger partial charge in [-0.1, -0.05) is 0 Å².